The first-order valence-corrected chi connectivity index (χ1v) is 12.5. The molecule has 5 rings (SSSR count). The summed E-state index contributed by atoms with van der Waals surface area (Å²) in [5.74, 6) is 0. The second kappa shape index (κ2) is 9.70. The molecule has 0 spiro atoms. The lowest BCUT2D eigenvalue weighted by Crippen LogP contribution is -2.29. The van der Waals surface area contributed by atoms with Gasteiger partial charge in [-0.1, -0.05) is 54.4 Å². The third kappa shape index (κ3) is 4.71. The molecular weight excluding hydrogens is 430 g/mol. The molecule has 5 nitrogen and oxygen atoms in total. The van der Waals surface area contributed by atoms with E-state index in [0.717, 1.165) is 54.6 Å². The van der Waals surface area contributed by atoms with Gasteiger partial charge in [0.15, 0.2) is 0 Å². The van der Waals surface area contributed by atoms with Crippen LogP contribution in [0.1, 0.15) is 55.5 Å². The van der Waals surface area contributed by atoms with Gasteiger partial charge in [0.05, 0.1) is 17.4 Å². The van der Waals surface area contributed by atoms with Crippen molar-refractivity contribution in [3.05, 3.63) is 70.4 Å². The van der Waals surface area contributed by atoms with Crippen LogP contribution in [0.15, 0.2) is 48.5 Å². The molecule has 0 aliphatic carbocycles. The van der Waals surface area contributed by atoms with Crippen LogP contribution in [0.4, 0.5) is 5.69 Å². The Labute approximate surface area is 201 Å². The summed E-state index contributed by atoms with van der Waals surface area (Å²) in [6.07, 6.45) is 6.99. The number of aryl methyl sites for hydroxylation is 2. The van der Waals surface area contributed by atoms with E-state index in [4.69, 9.17) is 11.6 Å². The second-order valence-corrected chi connectivity index (χ2v) is 9.61. The average molecular weight is 462 g/mol. The van der Waals surface area contributed by atoms with E-state index < -0.39 is 0 Å². The molecule has 3 aromatic rings. The van der Waals surface area contributed by atoms with Gasteiger partial charge in [-0.3, -0.25) is 4.90 Å². The van der Waals surface area contributed by atoms with Crippen LogP contribution in [0, 0.1) is 6.92 Å². The number of rotatable bonds is 6. The number of nitrogens with zero attached hydrogens (tertiary/aromatic N) is 4. The van der Waals surface area contributed by atoms with Crippen LogP contribution in [-0.4, -0.2) is 39.5 Å². The zero-order chi connectivity index (χ0) is 22.8. The predicted octanol–water partition coefficient (Wildman–Crippen LogP) is 6.35. The fourth-order valence-electron chi connectivity index (χ4n) is 5.05. The monoisotopic (exact) mass is 461 g/mol. The molecule has 0 fully saturated rings. The molecule has 0 amide bonds. The Morgan fingerprint density at radius 1 is 1.15 bits per heavy atom. The van der Waals surface area contributed by atoms with Crippen molar-refractivity contribution in [2.75, 3.05) is 25.0 Å². The van der Waals surface area contributed by atoms with E-state index in [0.29, 0.717) is 0 Å². The van der Waals surface area contributed by atoms with Crippen molar-refractivity contribution in [3.63, 3.8) is 0 Å². The molecule has 33 heavy (non-hydrogen) atoms. The standard InChI is InChI=1S/C27H32ClN5/c1-3-4-13-32-14-10-20(11-15-32)21-8-9-24-25(17-21)26(29-23-7-5-6-22(28)18-23)12-16-33-27(24)19(2)30-31-33/h5-10,17-18,26,29H,3-4,11-16H2,1-2H3. The smallest absolute Gasteiger partial charge is 0.0918 e. The first-order valence-electron chi connectivity index (χ1n) is 12.1. The lowest BCUT2D eigenvalue weighted by atomic mass is 9.90. The molecule has 2 aromatic carbocycles. The van der Waals surface area contributed by atoms with Gasteiger partial charge in [-0.15, -0.1) is 5.10 Å². The maximum Gasteiger partial charge on any atom is 0.0918 e. The summed E-state index contributed by atoms with van der Waals surface area (Å²) in [6.45, 7) is 8.53. The minimum atomic E-state index is 0.171. The van der Waals surface area contributed by atoms with E-state index in [1.165, 1.54) is 41.6 Å². The van der Waals surface area contributed by atoms with Crippen molar-refractivity contribution in [2.24, 2.45) is 0 Å². The van der Waals surface area contributed by atoms with Gasteiger partial charge in [0.25, 0.3) is 0 Å². The molecule has 1 unspecified atom stereocenters. The topological polar surface area (TPSA) is 46.0 Å². The maximum atomic E-state index is 6.27. The Bertz CT molecular complexity index is 1170. The Balaban J connectivity index is 1.50. The highest BCUT2D eigenvalue weighted by molar-refractivity contribution is 6.30. The molecule has 3 heterocycles. The van der Waals surface area contributed by atoms with Crippen molar-refractivity contribution in [1.82, 2.24) is 19.9 Å². The summed E-state index contributed by atoms with van der Waals surface area (Å²) >= 11 is 6.27. The van der Waals surface area contributed by atoms with E-state index in [1.54, 1.807) is 0 Å². The Morgan fingerprint density at radius 3 is 2.85 bits per heavy atom. The quantitative estimate of drug-likeness (QED) is 0.464. The van der Waals surface area contributed by atoms with Gasteiger partial charge in [0, 0.05) is 35.9 Å². The normalized spacial score (nSPS) is 18.3. The number of anilines is 1. The number of fused-ring (bicyclic) bond motifs is 3. The van der Waals surface area contributed by atoms with Crippen LogP contribution in [-0.2, 0) is 6.54 Å². The molecule has 1 atom stereocenters. The number of hydrogen-bond donors (Lipinski definition) is 1. The molecule has 172 valence electrons. The van der Waals surface area contributed by atoms with Crippen molar-refractivity contribution >= 4 is 22.9 Å². The van der Waals surface area contributed by atoms with Crippen molar-refractivity contribution in [1.29, 1.82) is 0 Å². The Kier molecular flexibility index (Phi) is 6.52. The summed E-state index contributed by atoms with van der Waals surface area (Å²) in [5, 5.41) is 13.3. The van der Waals surface area contributed by atoms with Crippen LogP contribution in [0.3, 0.4) is 0 Å². The third-order valence-corrected chi connectivity index (χ3v) is 7.11. The Morgan fingerprint density at radius 2 is 2.06 bits per heavy atom. The van der Waals surface area contributed by atoms with Crippen LogP contribution < -0.4 is 5.32 Å². The number of aromatic nitrogens is 3. The molecule has 0 radical (unpaired) electrons. The minimum absolute atomic E-state index is 0.171. The number of unbranched alkanes of at least 4 members (excludes halogenated alkanes) is 1. The SMILES string of the molecule is CCCCN1CC=C(c2ccc3c(c2)C(Nc2cccc(Cl)c2)CCn2nnc(C)c2-3)CC1. The lowest BCUT2D eigenvalue weighted by molar-refractivity contribution is 0.297. The number of halogens is 1. The van der Waals surface area contributed by atoms with Crippen molar-refractivity contribution in [2.45, 2.75) is 52.1 Å². The lowest BCUT2D eigenvalue weighted by Gasteiger charge is -2.27. The molecule has 6 heteroatoms. The summed E-state index contributed by atoms with van der Waals surface area (Å²) < 4.78 is 2.05. The molecule has 0 bridgehead atoms. The van der Waals surface area contributed by atoms with Crippen molar-refractivity contribution in [3.8, 4) is 11.3 Å². The summed E-state index contributed by atoms with van der Waals surface area (Å²) in [4.78, 5) is 2.56. The molecule has 0 saturated heterocycles. The summed E-state index contributed by atoms with van der Waals surface area (Å²) in [5.41, 5.74) is 8.48. The fourth-order valence-corrected chi connectivity index (χ4v) is 5.24. The van der Waals surface area contributed by atoms with Gasteiger partial charge in [-0.25, -0.2) is 4.68 Å². The zero-order valence-electron chi connectivity index (χ0n) is 19.5. The molecule has 2 aliphatic rings. The van der Waals surface area contributed by atoms with E-state index >= 15 is 0 Å². The number of hydrogen-bond acceptors (Lipinski definition) is 4. The Hall–Kier alpha value is -2.63. The molecule has 1 N–H and O–H groups in total. The van der Waals surface area contributed by atoms with Gasteiger partial charge >= 0.3 is 0 Å². The highest BCUT2D eigenvalue weighted by Crippen LogP contribution is 2.39. The third-order valence-electron chi connectivity index (χ3n) is 6.87. The summed E-state index contributed by atoms with van der Waals surface area (Å²) in [7, 11) is 0. The highest BCUT2D eigenvalue weighted by atomic mass is 35.5. The van der Waals surface area contributed by atoms with E-state index in [9.17, 15) is 0 Å². The fraction of sp³-hybridized carbons (Fsp3) is 0.407. The van der Waals surface area contributed by atoms with Gasteiger partial charge in [-0.2, -0.15) is 0 Å². The van der Waals surface area contributed by atoms with Crippen LogP contribution >= 0.6 is 11.6 Å². The number of nitrogens with one attached hydrogen (secondary N) is 1. The van der Waals surface area contributed by atoms with Gasteiger partial charge < -0.3 is 5.32 Å². The van der Waals surface area contributed by atoms with Gasteiger partial charge in [0.1, 0.15) is 0 Å². The maximum absolute atomic E-state index is 6.27. The molecule has 0 saturated carbocycles. The number of benzene rings is 2. The first kappa shape index (κ1) is 22.2. The van der Waals surface area contributed by atoms with Crippen LogP contribution in [0.2, 0.25) is 5.02 Å². The average Bonchev–Trinajstić information content (AvgIpc) is 3.12. The highest BCUT2D eigenvalue weighted by Gasteiger charge is 2.26. The minimum Gasteiger partial charge on any atom is -0.378 e. The van der Waals surface area contributed by atoms with E-state index in [1.807, 2.05) is 18.2 Å². The van der Waals surface area contributed by atoms with Crippen LogP contribution in [0.5, 0.6) is 0 Å². The predicted molar refractivity (Wildman–Crippen MR) is 137 cm³/mol. The van der Waals surface area contributed by atoms with Crippen molar-refractivity contribution < 1.29 is 0 Å². The van der Waals surface area contributed by atoms with Gasteiger partial charge in [0.2, 0.25) is 0 Å². The van der Waals surface area contributed by atoms with Crippen LogP contribution in [0.25, 0.3) is 16.8 Å². The molecule has 1 aromatic heterocycles. The van der Waals surface area contributed by atoms with E-state index in [2.05, 4.69) is 69.4 Å². The molecular formula is C27H32ClN5. The molecule has 2 aliphatic heterocycles. The van der Waals surface area contributed by atoms with Gasteiger partial charge in [-0.05, 0) is 73.7 Å². The second-order valence-electron chi connectivity index (χ2n) is 9.18. The zero-order valence-corrected chi connectivity index (χ0v) is 20.3. The van der Waals surface area contributed by atoms with E-state index in [-0.39, 0.29) is 6.04 Å². The largest absolute Gasteiger partial charge is 0.378 e. The summed E-state index contributed by atoms with van der Waals surface area (Å²) in [6, 6.07) is 15.1. The first-order chi connectivity index (χ1) is 16.1.